The molecule has 0 unspecified atom stereocenters. The summed E-state index contributed by atoms with van der Waals surface area (Å²) in [6.45, 7) is -0.0399. The van der Waals surface area contributed by atoms with Crippen LogP contribution in [0.2, 0.25) is 0 Å². The fourth-order valence-electron chi connectivity index (χ4n) is 4.14. The molecule has 3 N–H and O–H groups in total. The Bertz CT molecular complexity index is 945. The third kappa shape index (κ3) is 4.25. The quantitative estimate of drug-likeness (QED) is 0.614. The van der Waals surface area contributed by atoms with Crippen molar-refractivity contribution in [2.24, 2.45) is 5.92 Å². The van der Waals surface area contributed by atoms with E-state index in [0.29, 0.717) is 30.1 Å². The predicted molar refractivity (Wildman–Crippen MR) is 110 cm³/mol. The van der Waals surface area contributed by atoms with Crippen molar-refractivity contribution in [1.29, 1.82) is 0 Å². The highest BCUT2D eigenvalue weighted by Gasteiger charge is 2.58. The molecular weight excluding hydrogens is 400 g/mol. The van der Waals surface area contributed by atoms with E-state index in [0.717, 1.165) is 24.8 Å². The summed E-state index contributed by atoms with van der Waals surface area (Å²) in [7, 11) is 0. The Kier molecular flexibility index (Phi) is 5.90. The molecule has 1 heterocycles. The third-order valence-electron chi connectivity index (χ3n) is 5.75. The lowest BCUT2D eigenvalue weighted by Crippen LogP contribution is -2.72. The number of benzene rings is 2. The third-order valence-corrected chi connectivity index (χ3v) is 5.75. The van der Waals surface area contributed by atoms with Gasteiger partial charge in [0.2, 0.25) is 0 Å². The molecule has 31 heavy (non-hydrogen) atoms. The first-order valence-electron chi connectivity index (χ1n) is 10.3. The van der Waals surface area contributed by atoms with Crippen LogP contribution in [0.1, 0.15) is 37.7 Å². The van der Waals surface area contributed by atoms with E-state index >= 15 is 0 Å². The van der Waals surface area contributed by atoms with Crippen LogP contribution >= 0.6 is 0 Å². The molecule has 1 aliphatic heterocycles. The Balaban J connectivity index is 1.54. The second-order valence-corrected chi connectivity index (χ2v) is 7.79. The van der Waals surface area contributed by atoms with Crippen molar-refractivity contribution in [3.05, 3.63) is 54.1 Å². The number of aliphatic hydroxyl groups is 1. The zero-order valence-corrected chi connectivity index (χ0v) is 16.9. The molecule has 0 radical (unpaired) electrons. The predicted octanol–water partition coefficient (Wildman–Crippen LogP) is 3.04. The molecule has 1 saturated carbocycles. The highest BCUT2D eigenvalue weighted by molar-refractivity contribution is 6.22. The number of hydrogen-bond donors (Lipinski definition) is 3. The SMILES string of the molecule is O=C1NC(=O)C(Oc2ccc(Oc3ccc(CO)cc3)cc2)(C2CCCCC2)C(=O)N1. The van der Waals surface area contributed by atoms with E-state index in [1.54, 1.807) is 48.5 Å². The summed E-state index contributed by atoms with van der Waals surface area (Å²) in [4.78, 5) is 37.3. The van der Waals surface area contributed by atoms with Crippen LogP contribution in [0, 0.1) is 5.92 Å². The minimum atomic E-state index is -1.78. The summed E-state index contributed by atoms with van der Waals surface area (Å²) in [6, 6.07) is 12.8. The summed E-state index contributed by atoms with van der Waals surface area (Å²) in [5, 5.41) is 13.5. The van der Waals surface area contributed by atoms with E-state index in [-0.39, 0.29) is 12.5 Å². The van der Waals surface area contributed by atoms with Crippen molar-refractivity contribution < 1.29 is 29.0 Å². The first-order valence-corrected chi connectivity index (χ1v) is 10.3. The van der Waals surface area contributed by atoms with Crippen LogP contribution in [0.25, 0.3) is 0 Å². The number of carbonyl (C=O) groups excluding carboxylic acids is 3. The molecular formula is C23H24N2O6. The monoisotopic (exact) mass is 424 g/mol. The van der Waals surface area contributed by atoms with Gasteiger partial charge >= 0.3 is 6.03 Å². The minimum Gasteiger partial charge on any atom is -0.467 e. The Morgan fingerprint density at radius 2 is 1.32 bits per heavy atom. The van der Waals surface area contributed by atoms with Crippen molar-refractivity contribution in [2.45, 2.75) is 44.3 Å². The first kappa shape index (κ1) is 20.9. The molecule has 8 nitrogen and oxygen atoms in total. The number of urea groups is 1. The molecule has 2 aromatic rings. The lowest BCUT2D eigenvalue weighted by atomic mass is 9.75. The molecule has 1 saturated heterocycles. The number of barbiturate groups is 1. The maximum Gasteiger partial charge on any atom is 0.328 e. The van der Waals surface area contributed by atoms with Crippen LogP contribution in [0.15, 0.2) is 48.5 Å². The second-order valence-electron chi connectivity index (χ2n) is 7.79. The van der Waals surface area contributed by atoms with Gasteiger partial charge in [-0.25, -0.2) is 4.79 Å². The molecule has 162 valence electrons. The Morgan fingerprint density at radius 1 is 0.806 bits per heavy atom. The number of rotatable bonds is 6. The van der Waals surface area contributed by atoms with Crippen molar-refractivity contribution in [1.82, 2.24) is 10.6 Å². The van der Waals surface area contributed by atoms with Crippen molar-refractivity contribution in [3.63, 3.8) is 0 Å². The van der Waals surface area contributed by atoms with Crippen LogP contribution < -0.4 is 20.1 Å². The van der Waals surface area contributed by atoms with Crippen LogP contribution in [0.3, 0.4) is 0 Å². The number of hydrogen-bond acceptors (Lipinski definition) is 6. The highest BCUT2D eigenvalue weighted by Crippen LogP contribution is 2.38. The van der Waals surface area contributed by atoms with Gasteiger partial charge in [-0.05, 0) is 54.8 Å². The number of imide groups is 2. The molecule has 0 aromatic heterocycles. The van der Waals surface area contributed by atoms with Gasteiger partial charge in [-0.1, -0.05) is 31.4 Å². The lowest BCUT2D eigenvalue weighted by molar-refractivity contribution is -0.158. The van der Waals surface area contributed by atoms with Crippen LogP contribution in [0.5, 0.6) is 17.2 Å². The summed E-state index contributed by atoms with van der Waals surface area (Å²) >= 11 is 0. The summed E-state index contributed by atoms with van der Waals surface area (Å²) < 4.78 is 11.8. The van der Waals surface area contributed by atoms with Gasteiger partial charge in [0.25, 0.3) is 17.4 Å². The Hall–Kier alpha value is -3.39. The van der Waals surface area contributed by atoms with Gasteiger partial charge in [0, 0.05) is 5.92 Å². The normalized spacial score (nSPS) is 18.8. The van der Waals surface area contributed by atoms with E-state index in [1.807, 2.05) is 0 Å². The highest BCUT2D eigenvalue weighted by atomic mass is 16.5. The number of carbonyl (C=O) groups is 3. The van der Waals surface area contributed by atoms with E-state index in [4.69, 9.17) is 14.6 Å². The van der Waals surface area contributed by atoms with Gasteiger partial charge < -0.3 is 14.6 Å². The molecule has 0 atom stereocenters. The molecule has 2 fully saturated rings. The first-order chi connectivity index (χ1) is 15.0. The number of ether oxygens (including phenoxy) is 2. The molecule has 0 spiro atoms. The average molecular weight is 424 g/mol. The Labute approximate surface area is 179 Å². The summed E-state index contributed by atoms with van der Waals surface area (Å²) in [5.74, 6) is -0.295. The zero-order valence-electron chi connectivity index (χ0n) is 16.9. The van der Waals surface area contributed by atoms with E-state index < -0.39 is 23.4 Å². The molecule has 4 amide bonds. The van der Waals surface area contributed by atoms with Gasteiger partial charge in [-0.3, -0.25) is 20.2 Å². The van der Waals surface area contributed by atoms with Crippen LogP contribution in [-0.2, 0) is 16.2 Å². The standard InChI is InChI=1S/C23H24N2O6/c26-14-15-6-8-17(9-7-15)30-18-10-12-19(13-11-18)31-23(16-4-2-1-3-5-16)20(27)24-22(29)25-21(23)28/h6-13,16,26H,1-5,14H2,(H2,24,25,27,28,29). The maximum atomic E-state index is 12.8. The second kappa shape index (κ2) is 8.77. The maximum absolute atomic E-state index is 12.8. The average Bonchev–Trinajstić information content (AvgIpc) is 2.78. The number of nitrogens with one attached hydrogen (secondary N) is 2. The van der Waals surface area contributed by atoms with Crippen molar-refractivity contribution >= 4 is 17.8 Å². The fourth-order valence-corrected chi connectivity index (χ4v) is 4.14. The summed E-state index contributed by atoms with van der Waals surface area (Å²) in [5.41, 5.74) is -0.997. The molecule has 4 rings (SSSR count). The fraction of sp³-hybridized carbons (Fsp3) is 0.348. The number of aliphatic hydroxyl groups excluding tert-OH is 1. The van der Waals surface area contributed by atoms with E-state index in [1.165, 1.54) is 0 Å². The molecule has 8 heteroatoms. The van der Waals surface area contributed by atoms with Gasteiger partial charge in [0.1, 0.15) is 17.2 Å². The largest absolute Gasteiger partial charge is 0.467 e. The Morgan fingerprint density at radius 3 is 1.87 bits per heavy atom. The summed E-state index contributed by atoms with van der Waals surface area (Å²) in [6.07, 6.45) is 4.17. The minimum absolute atomic E-state index is 0.0399. The number of amides is 4. The van der Waals surface area contributed by atoms with E-state index in [2.05, 4.69) is 10.6 Å². The topological polar surface area (TPSA) is 114 Å². The zero-order chi connectivity index (χ0) is 21.8. The van der Waals surface area contributed by atoms with Crippen LogP contribution in [-0.4, -0.2) is 28.6 Å². The molecule has 1 aliphatic carbocycles. The van der Waals surface area contributed by atoms with Crippen molar-refractivity contribution in [3.8, 4) is 17.2 Å². The molecule has 2 aromatic carbocycles. The van der Waals surface area contributed by atoms with E-state index in [9.17, 15) is 14.4 Å². The van der Waals surface area contributed by atoms with Crippen molar-refractivity contribution in [2.75, 3.05) is 0 Å². The van der Waals surface area contributed by atoms with Gasteiger partial charge in [-0.15, -0.1) is 0 Å². The molecule has 0 bridgehead atoms. The van der Waals surface area contributed by atoms with Crippen LogP contribution in [0.4, 0.5) is 4.79 Å². The van der Waals surface area contributed by atoms with Gasteiger partial charge in [-0.2, -0.15) is 0 Å². The molecule has 2 aliphatic rings. The van der Waals surface area contributed by atoms with Gasteiger partial charge in [0.15, 0.2) is 0 Å². The lowest BCUT2D eigenvalue weighted by Gasteiger charge is -2.41. The van der Waals surface area contributed by atoms with Gasteiger partial charge in [0.05, 0.1) is 6.61 Å². The smallest absolute Gasteiger partial charge is 0.328 e.